The van der Waals surface area contributed by atoms with Crippen molar-refractivity contribution in [3.8, 4) is 11.9 Å². The Kier molecular flexibility index (Phi) is 4.35. The molecule has 0 bridgehead atoms. The first-order valence-corrected chi connectivity index (χ1v) is 9.66. The van der Waals surface area contributed by atoms with Gasteiger partial charge in [0.05, 0.1) is 11.1 Å². The molecule has 3 heterocycles. The van der Waals surface area contributed by atoms with E-state index in [1.165, 1.54) is 0 Å². The molecule has 0 saturated carbocycles. The van der Waals surface area contributed by atoms with Gasteiger partial charge in [0.1, 0.15) is 11.9 Å². The van der Waals surface area contributed by atoms with Gasteiger partial charge in [0.25, 0.3) is 0 Å². The summed E-state index contributed by atoms with van der Waals surface area (Å²) in [7, 11) is 0. The highest BCUT2D eigenvalue weighted by molar-refractivity contribution is 5.87. The van der Waals surface area contributed by atoms with E-state index in [4.69, 9.17) is 4.98 Å². The predicted molar refractivity (Wildman–Crippen MR) is 112 cm³/mol. The topological polar surface area (TPSA) is 78.6 Å². The van der Waals surface area contributed by atoms with Gasteiger partial charge in [-0.3, -0.25) is 4.57 Å². The van der Waals surface area contributed by atoms with E-state index in [1.54, 1.807) is 6.20 Å². The number of piperidine rings is 1. The standard InChI is InChI=1S/C22H26N6/c1-21(2)11-16(12-22(3,4)27-21)25-20-24-10-9-19(26-20)28-14-15(13-23)17-7-5-6-8-18(17)28/h5-10,14,16,27H,11-12H2,1-4H3,(H,24,25,26). The van der Waals surface area contributed by atoms with E-state index >= 15 is 0 Å². The Morgan fingerprint density at radius 2 is 1.86 bits per heavy atom. The molecule has 6 heteroatoms. The zero-order chi connectivity index (χ0) is 19.9. The summed E-state index contributed by atoms with van der Waals surface area (Å²) in [6, 6.07) is 12.3. The number of hydrogen-bond acceptors (Lipinski definition) is 5. The molecule has 4 rings (SSSR count). The summed E-state index contributed by atoms with van der Waals surface area (Å²) < 4.78 is 1.96. The van der Waals surface area contributed by atoms with Crippen molar-refractivity contribution in [3.05, 3.63) is 48.3 Å². The second-order valence-corrected chi connectivity index (χ2v) is 8.92. The third-order valence-corrected chi connectivity index (χ3v) is 5.24. The highest BCUT2D eigenvalue weighted by Gasteiger charge is 2.37. The van der Waals surface area contributed by atoms with Gasteiger partial charge in [-0.25, -0.2) is 4.98 Å². The molecule has 2 N–H and O–H groups in total. The average molecular weight is 374 g/mol. The van der Waals surface area contributed by atoms with Crippen molar-refractivity contribution in [2.45, 2.75) is 57.7 Å². The van der Waals surface area contributed by atoms with Gasteiger partial charge in [-0.1, -0.05) is 18.2 Å². The molecule has 0 unspecified atom stereocenters. The van der Waals surface area contributed by atoms with Crippen LogP contribution >= 0.6 is 0 Å². The van der Waals surface area contributed by atoms with Crippen molar-refractivity contribution in [3.63, 3.8) is 0 Å². The molecule has 1 saturated heterocycles. The van der Waals surface area contributed by atoms with Crippen LogP contribution in [0.4, 0.5) is 5.95 Å². The fourth-order valence-corrected chi connectivity index (χ4v) is 4.62. The third-order valence-electron chi connectivity index (χ3n) is 5.24. The second-order valence-electron chi connectivity index (χ2n) is 8.92. The third kappa shape index (κ3) is 3.58. The number of nitrogens with zero attached hydrogens (tertiary/aromatic N) is 4. The van der Waals surface area contributed by atoms with Gasteiger partial charge in [-0.2, -0.15) is 10.2 Å². The summed E-state index contributed by atoms with van der Waals surface area (Å²) in [6.07, 6.45) is 5.60. The lowest BCUT2D eigenvalue weighted by atomic mass is 9.80. The molecule has 1 aliphatic heterocycles. The van der Waals surface area contributed by atoms with Crippen molar-refractivity contribution in [2.75, 3.05) is 5.32 Å². The van der Waals surface area contributed by atoms with Crippen molar-refractivity contribution >= 4 is 16.9 Å². The van der Waals surface area contributed by atoms with Crippen molar-refractivity contribution in [1.82, 2.24) is 19.9 Å². The molecule has 0 atom stereocenters. The van der Waals surface area contributed by atoms with Crippen LogP contribution in [0, 0.1) is 11.3 Å². The van der Waals surface area contributed by atoms with Crippen LogP contribution in [0.25, 0.3) is 16.7 Å². The highest BCUT2D eigenvalue weighted by Crippen LogP contribution is 2.30. The Hall–Kier alpha value is -2.91. The molecule has 0 radical (unpaired) electrons. The van der Waals surface area contributed by atoms with Gasteiger partial charge in [-0.05, 0) is 52.7 Å². The Bertz CT molecular complexity index is 1040. The Balaban J connectivity index is 1.65. The van der Waals surface area contributed by atoms with Gasteiger partial charge in [0.15, 0.2) is 0 Å². The monoisotopic (exact) mass is 374 g/mol. The molecule has 0 spiro atoms. The van der Waals surface area contributed by atoms with Gasteiger partial charge in [0.2, 0.25) is 5.95 Å². The van der Waals surface area contributed by atoms with E-state index < -0.39 is 0 Å². The summed E-state index contributed by atoms with van der Waals surface area (Å²) in [5.74, 6) is 1.37. The Morgan fingerprint density at radius 1 is 1.14 bits per heavy atom. The number of nitriles is 1. The fourth-order valence-electron chi connectivity index (χ4n) is 4.62. The van der Waals surface area contributed by atoms with Gasteiger partial charge >= 0.3 is 0 Å². The average Bonchev–Trinajstić information content (AvgIpc) is 2.98. The maximum absolute atomic E-state index is 9.45. The minimum Gasteiger partial charge on any atom is -0.351 e. The number of benzene rings is 1. The van der Waals surface area contributed by atoms with E-state index in [0.29, 0.717) is 11.5 Å². The quantitative estimate of drug-likeness (QED) is 0.724. The van der Waals surface area contributed by atoms with Crippen LogP contribution in [0.15, 0.2) is 42.7 Å². The fraction of sp³-hybridized carbons (Fsp3) is 0.409. The molecule has 6 nitrogen and oxygen atoms in total. The lowest BCUT2D eigenvalue weighted by Crippen LogP contribution is -2.60. The number of aromatic nitrogens is 3. The largest absolute Gasteiger partial charge is 0.351 e. The van der Waals surface area contributed by atoms with Crippen LogP contribution in [0.1, 0.15) is 46.1 Å². The van der Waals surface area contributed by atoms with E-state index in [1.807, 2.05) is 41.1 Å². The Morgan fingerprint density at radius 3 is 2.57 bits per heavy atom. The summed E-state index contributed by atoms with van der Waals surface area (Å²) in [6.45, 7) is 8.93. The minimum absolute atomic E-state index is 0.0509. The molecule has 0 amide bonds. The molecule has 28 heavy (non-hydrogen) atoms. The van der Waals surface area contributed by atoms with E-state index in [-0.39, 0.29) is 17.1 Å². The first-order valence-electron chi connectivity index (χ1n) is 9.66. The summed E-state index contributed by atoms with van der Waals surface area (Å²) in [5.41, 5.74) is 1.71. The number of anilines is 1. The number of hydrogen-bond donors (Lipinski definition) is 2. The Labute approximate surface area is 165 Å². The zero-order valence-electron chi connectivity index (χ0n) is 16.8. The van der Waals surface area contributed by atoms with Crippen LogP contribution in [-0.2, 0) is 0 Å². The molecule has 1 aliphatic rings. The van der Waals surface area contributed by atoms with Crippen molar-refractivity contribution in [1.29, 1.82) is 5.26 Å². The number of rotatable bonds is 3. The minimum atomic E-state index is 0.0509. The summed E-state index contributed by atoms with van der Waals surface area (Å²) in [5, 5.41) is 17.6. The van der Waals surface area contributed by atoms with Crippen LogP contribution in [-0.4, -0.2) is 31.7 Å². The van der Waals surface area contributed by atoms with Crippen molar-refractivity contribution in [2.24, 2.45) is 0 Å². The summed E-state index contributed by atoms with van der Waals surface area (Å²) in [4.78, 5) is 9.18. The maximum Gasteiger partial charge on any atom is 0.224 e. The van der Waals surface area contributed by atoms with Gasteiger partial charge in [0, 0.05) is 34.9 Å². The second kappa shape index (κ2) is 6.61. The first-order chi connectivity index (χ1) is 13.3. The number of fused-ring (bicyclic) bond motifs is 1. The SMILES string of the molecule is CC1(C)CC(Nc2nccc(-n3cc(C#N)c4ccccc43)n2)CC(C)(C)N1. The van der Waals surface area contributed by atoms with E-state index in [2.05, 4.69) is 49.4 Å². The molecule has 3 aromatic rings. The van der Waals surface area contributed by atoms with Crippen LogP contribution in [0.2, 0.25) is 0 Å². The zero-order valence-corrected chi connectivity index (χ0v) is 16.8. The number of nitrogens with one attached hydrogen (secondary N) is 2. The summed E-state index contributed by atoms with van der Waals surface area (Å²) >= 11 is 0. The van der Waals surface area contributed by atoms with Crippen LogP contribution in [0.5, 0.6) is 0 Å². The predicted octanol–water partition coefficient (Wildman–Crippen LogP) is 4.01. The smallest absolute Gasteiger partial charge is 0.224 e. The molecule has 144 valence electrons. The van der Waals surface area contributed by atoms with Crippen LogP contribution < -0.4 is 10.6 Å². The van der Waals surface area contributed by atoms with E-state index in [0.717, 1.165) is 29.6 Å². The molecule has 2 aromatic heterocycles. The molecule has 1 aromatic carbocycles. The maximum atomic E-state index is 9.45. The molecular weight excluding hydrogens is 348 g/mol. The van der Waals surface area contributed by atoms with Crippen molar-refractivity contribution < 1.29 is 0 Å². The normalized spacial score (nSPS) is 18.7. The van der Waals surface area contributed by atoms with Gasteiger partial charge in [-0.15, -0.1) is 0 Å². The molecule has 0 aliphatic carbocycles. The highest BCUT2D eigenvalue weighted by atomic mass is 15.2. The lowest BCUT2D eigenvalue weighted by Gasteiger charge is -2.46. The number of para-hydroxylation sites is 1. The first kappa shape index (κ1) is 18.5. The van der Waals surface area contributed by atoms with E-state index in [9.17, 15) is 5.26 Å². The molecule has 1 fully saturated rings. The van der Waals surface area contributed by atoms with Gasteiger partial charge < -0.3 is 10.6 Å². The van der Waals surface area contributed by atoms with Crippen LogP contribution in [0.3, 0.4) is 0 Å². The lowest BCUT2D eigenvalue weighted by molar-refractivity contribution is 0.170. The molecular formula is C22H26N6.